The van der Waals surface area contributed by atoms with E-state index in [-0.39, 0.29) is 12.5 Å². The van der Waals surface area contributed by atoms with Gasteiger partial charge in [-0.1, -0.05) is 18.2 Å². The second kappa shape index (κ2) is 8.73. The molecule has 6 heteroatoms. The SMILES string of the molecule is CCOC(=O)c1ccccc1NCC(=O)Nc1cc(C)ccc1OC. The first-order valence-electron chi connectivity index (χ1n) is 7.99. The third-order valence-electron chi connectivity index (χ3n) is 3.49. The van der Waals surface area contributed by atoms with Crippen LogP contribution in [0.15, 0.2) is 42.5 Å². The molecule has 2 aromatic rings. The molecule has 0 saturated carbocycles. The highest BCUT2D eigenvalue weighted by atomic mass is 16.5. The van der Waals surface area contributed by atoms with Gasteiger partial charge < -0.3 is 20.1 Å². The molecule has 0 radical (unpaired) electrons. The fraction of sp³-hybridized carbons (Fsp3) is 0.263. The second-order valence-electron chi connectivity index (χ2n) is 5.37. The van der Waals surface area contributed by atoms with Crippen molar-refractivity contribution in [2.45, 2.75) is 13.8 Å². The highest BCUT2D eigenvalue weighted by Crippen LogP contribution is 2.25. The van der Waals surface area contributed by atoms with Crippen molar-refractivity contribution in [1.29, 1.82) is 0 Å². The number of aryl methyl sites for hydroxylation is 1. The molecule has 0 atom stereocenters. The largest absolute Gasteiger partial charge is 0.495 e. The van der Waals surface area contributed by atoms with Gasteiger partial charge in [-0.25, -0.2) is 4.79 Å². The van der Waals surface area contributed by atoms with Crippen LogP contribution in [0.1, 0.15) is 22.8 Å². The second-order valence-corrected chi connectivity index (χ2v) is 5.37. The van der Waals surface area contributed by atoms with Crippen LogP contribution in [0.5, 0.6) is 5.75 Å². The fourth-order valence-electron chi connectivity index (χ4n) is 2.31. The molecule has 2 N–H and O–H groups in total. The number of ether oxygens (including phenoxy) is 2. The smallest absolute Gasteiger partial charge is 0.340 e. The average Bonchev–Trinajstić information content (AvgIpc) is 2.60. The van der Waals surface area contributed by atoms with E-state index in [0.717, 1.165) is 5.56 Å². The summed E-state index contributed by atoms with van der Waals surface area (Å²) < 4.78 is 10.3. The number of nitrogens with one attached hydrogen (secondary N) is 2. The topological polar surface area (TPSA) is 76.7 Å². The van der Waals surface area contributed by atoms with Crippen molar-refractivity contribution in [2.75, 3.05) is 30.9 Å². The van der Waals surface area contributed by atoms with Crippen molar-refractivity contribution in [3.8, 4) is 5.75 Å². The van der Waals surface area contributed by atoms with E-state index in [9.17, 15) is 9.59 Å². The maximum absolute atomic E-state index is 12.2. The maximum Gasteiger partial charge on any atom is 0.340 e. The van der Waals surface area contributed by atoms with Gasteiger partial charge in [-0.3, -0.25) is 4.79 Å². The summed E-state index contributed by atoms with van der Waals surface area (Å²) in [5, 5.41) is 5.77. The molecule has 132 valence electrons. The Labute approximate surface area is 147 Å². The fourth-order valence-corrected chi connectivity index (χ4v) is 2.31. The molecule has 0 aromatic heterocycles. The van der Waals surface area contributed by atoms with Gasteiger partial charge in [0.15, 0.2) is 0 Å². The third-order valence-corrected chi connectivity index (χ3v) is 3.49. The Hall–Kier alpha value is -3.02. The minimum absolute atomic E-state index is 0.00745. The van der Waals surface area contributed by atoms with Crippen LogP contribution in [-0.2, 0) is 9.53 Å². The zero-order valence-electron chi connectivity index (χ0n) is 14.6. The number of hydrogen-bond acceptors (Lipinski definition) is 5. The van der Waals surface area contributed by atoms with E-state index >= 15 is 0 Å². The van der Waals surface area contributed by atoms with Gasteiger partial charge in [0.2, 0.25) is 5.91 Å². The number of carbonyl (C=O) groups excluding carboxylic acids is 2. The first kappa shape index (κ1) is 18.3. The van der Waals surface area contributed by atoms with E-state index in [0.29, 0.717) is 29.3 Å². The van der Waals surface area contributed by atoms with Crippen LogP contribution < -0.4 is 15.4 Å². The first-order valence-corrected chi connectivity index (χ1v) is 7.99. The Morgan fingerprint density at radius 2 is 1.84 bits per heavy atom. The van der Waals surface area contributed by atoms with Crippen LogP contribution in [0.25, 0.3) is 0 Å². The lowest BCUT2D eigenvalue weighted by molar-refractivity contribution is -0.114. The highest BCUT2D eigenvalue weighted by Gasteiger charge is 2.13. The van der Waals surface area contributed by atoms with Crippen LogP contribution in [-0.4, -0.2) is 32.1 Å². The highest BCUT2D eigenvalue weighted by molar-refractivity contribution is 5.98. The van der Waals surface area contributed by atoms with Crippen molar-refractivity contribution in [3.05, 3.63) is 53.6 Å². The summed E-state index contributed by atoms with van der Waals surface area (Å²) in [5.41, 5.74) is 2.56. The quantitative estimate of drug-likeness (QED) is 0.756. The number of benzene rings is 2. The van der Waals surface area contributed by atoms with E-state index in [1.54, 1.807) is 44.4 Å². The predicted molar refractivity (Wildman–Crippen MR) is 97.2 cm³/mol. The molecular formula is C19H22N2O4. The van der Waals surface area contributed by atoms with Gasteiger partial charge in [-0.2, -0.15) is 0 Å². The van der Waals surface area contributed by atoms with Crippen molar-refractivity contribution in [1.82, 2.24) is 0 Å². The molecule has 1 amide bonds. The van der Waals surface area contributed by atoms with E-state index < -0.39 is 5.97 Å². The molecule has 0 aliphatic rings. The van der Waals surface area contributed by atoms with Crippen LogP contribution in [0.4, 0.5) is 11.4 Å². The molecule has 0 aliphatic heterocycles. The number of hydrogen-bond donors (Lipinski definition) is 2. The van der Waals surface area contributed by atoms with E-state index in [2.05, 4.69) is 10.6 Å². The molecule has 0 heterocycles. The minimum Gasteiger partial charge on any atom is -0.495 e. The molecule has 0 saturated heterocycles. The lowest BCUT2D eigenvalue weighted by Gasteiger charge is -2.13. The van der Waals surface area contributed by atoms with E-state index in [4.69, 9.17) is 9.47 Å². The molecule has 25 heavy (non-hydrogen) atoms. The minimum atomic E-state index is -0.425. The van der Waals surface area contributed by atoms with E-state index in [1.807, 2.05) is 19.1 Å². The van der Waals surface area contributed by atoms with Crippen LogP contribution >= 0.6 is 0 Å². The number of para-hydroxylation sites is 1. The lowest BCUT2D eigenvalue weighted by atomic mass is 10.2. The molecule has 0 fully saturated rings. The monoisotopic (exact) mass is 342 g/mol. The Bertz CT molecular complexity index is 759. The number of methoxy groups -OCH3 is 1. The summed E-state index contributed by atoms with van der Waals surface area (Å²) in [4.78, 5) is 24.2. The maximum atomic E-state index is 12.2. The zero-order chi connectivity index (χ0) is 18.2. The number of esters is 1. The Balaban J connectivity index is 2.04. The van der Waals surface area contributed by atoms with Crippen LogP contribution in [0.2, 0.25) is 0 Å². The first-order chi connectivity index (χ1) is 12.0. The molecular weight excluding hydrogens is 320 g/mol. The Morgan fingerprint density at radius 3 is 2.56 bits per heavy atom. The molecule has 2 rings (SSSR count). The summed E-state index contributed by atoms with van der Waals surface area (Å²) >= 11 is 0. The summed E-state index contributed by atoms with van der Waals surface area (Å²) in [7, 11) is 1.55. The van der Waals surface area contributed by atoms with Crippen LogP contribution in [0, 0.1) is 6.92 Å². The summed E-state index contributed by atoms with van der Waals surface area (Å²) in [6, 6.07) is 12.5. The normalized spacial score (nSPS) is 10.0. The molecule has 0 aliphatic carbocycles. The summed E-state index contributed by atoms with van der Waals surface area (Å²) in [6.07, 6.45) is 0. The molecule has 6 nitrogen and oxygen atoms in total. The van der Waals surface area contributed by atoms with Crippen molar-refractivity contribution < 1.29 is 19.1 Å². The van der Waals surface area contributed by atoms with Gasteiger partial charge >= 0.3 is 5.97 Å². The van der Waals surface area contributed by atoms with Crippen molar-refractivity contribution in [2.24, 2.45) is 0 Å². The molecule has 2 aromatic carbocycles. The van der Waals surface area contributed by atoms with Crippen LogP contribution in [0.3, 0.4) is 0 Å². The average molecular weight is 342 g/mol. The van der Waals surface area contributed by atoms with Gasteiger partial charge in [-0.15, -0.1) is 0 Å². The predicted octanol–water partition coefficient (Wildman–Crippen LogP) is 3.23. The van der Waals surface area contributed by atoms with Crippen molar-refractivity contribution >= 4 is 23.3 Å². The Kier molecular flexibility index (Phi) is 6.39. The summed E-state index contributed by atoms with van der Waals surface area (Å²) in [6.45, 7) is 3.98. The molecule has 0 spiro atoms. The van der Waals surface area contributed by atoms with Gasteiger partial charge in [0.05, 0.1) is 31.5 Å². The number of anilines is 2. The third kappa shape index (κ3) is 4.97. The molecule has 0 unspecified atom stereocenters. The Morgan fingerprint density at radius 1 is 1.08 bits per heavy atom. The van der Waals surface area contributed by atoms with E-state index in [1.165, 1.54) is 0 Å². The number of amides is 1. The van der Waals surface area contributed by atoms with Gasteiger partial charge in [0, 0.05) is 5.69 Å². The van der Waals surface area contributed by atoms with Gasteiger partial charge in [-0.05, 0) is 43.7 Å². The molecule has 0 bridgehead atoms. The lowest BCUT2D eigenvalue weighted by Crippen LogP contribution is -2.23. The number of rotatable bonds is 7. The van der Waals surface area contributed by atoms with Gasteiger partial charge in [0.25, 0.3) is 0 Å². The standard InChI is InChI=1S/C19H22N2O4/c1-4-25-19(23)14-7-5-6-8-15(14)20-12-18(22)21-16-11-13(2)9-10-17(16)24-3/h5-11,20H,4,12H2,1-3H3,(H,21,22). The summed E-state index contributed by atoms with van der Waals surface area (Å²) in [5.74, 6) is -0.0835. The number of carbonyl (C=O) groups is 2. The van der Waals surface area contributed by atoms with Crippen molar-refractivity contribution in [3.63, 3.8) is 0 Å². The van der Waals surface area contributed by atoms with Gasteiger partial charge in [0.1, 0.15) is 5.75 Å². The zero-order valence-corrected chi connectivity index (χ0v) is 14.6.